The zero-order valence-electron chi connectivity index (χ0n) is 19.2. The quantitative estimate of drug-likeness (QED) is 0.406. The van der Waals surface area contributed by atoms with E-state index in [9.17, 15) is 9.90 Å². The summed E-state index contributed by atoms with van der Waals surface area (Å²) in [5.74, 6) is 0.321. The van der Waals surface area contributed by atoms with Gasteiger partial charge >= 0.3 is 0 Å². The van der Waals surface area contributed by atoms with Crippen molar-refractivity contribution in [2.75, 3.05) is 26.2 Å². The second-order valence-electron chi connectivity index (χ2n) is 9.49. The van der Waals surface area contributed by atoms with Crippen LogP contribution in [0.15, 0.2) is 42.5 Å². The molecule has 1 aliphatic carbocycles. The lowest BCUT2D eigenvalue weighted by Gasteiger charge is -2.40. The highest BCUT2D eigenvalue weighted by atomic mass is 35.5. The van der Waals surface area contributed by atoms with E-state index < -0.39 is 0 Å². The molecule has 1 aromatic heterocycles. The van der Waals surface area contributed by atoms with Crippen LogP contribution in [0.5, 0.6) is 5.75 Å². The van der Waals surface area contributed by atoms with Gasteiger partial charge in [0.15, 0.2) is 5.78 Å². The summed E-state index contributed by atoms with van der Waals surface area (Å²) in [6.07, 6.45) is 6.43. The predicted molar refractivity (Wildman–Crippen MR) is 140 cm³/mol. The fourth-order valence-electron chi connectivity index (χ4n) is 5.82. The number of benzene rings is 2. The van der Waals surface area contributed by atoms with Crippen LogP contribution < -0.4 is 0 Å². The van der Waals surface area contributed by atoms with Gasteiger partial charge in [-0.3, -0.25) is 9.69 Å². The third-order valence-corrected chi connectivity index (χ3v) is 7.60. The number of carbonyl (C=O) groups excluding carboxylic acids is 1. The van der Waals surface area contributed by atoms with E-state index in [4.69, 9.17) is 4.98 Å². The molecule has 2 aliphatic heterocycles. The normalized spacial score (nSPS) is 18.8. The number of likely N-dealkylation sites (tertiary alicyclic amines) is 2. The number of phenols is 1. The van der Waals surface area contributed by atoms with Gasteiger partial charge in [0.05, 0.1) is 11.2 Å². The summed E-state index contributed by atoms with van der Waals surface area (Å²) in [7, 11) is 0. The first-order valence-electron chi connectivity index (χ1n) is 11.9. The van der Waals surface area contributed by atoms with Crippen LogP contribution in [0.3, 0.4) is 0 Å². The summed E-state index contributed by atoms with van der Waals surface area (Å²) in [6, 6.07) is 13.9. The van der Waals surface area contributed by atoms with E-state index in [0.29, 0.717) is 23.9 Å². The fourth-order valence-corrected chi connectivity index (χ4v) is 5.82. The van der Waals surface area contributed by atoms with Gasteiger partial charge in [-0.15, -0.1) is 24.8 Å². The molecule has 2 aromatic carbocycles. The molecule has 2 saturated heterocycles. The smallest absolute Gasteiger partial charge is 0.195 e. The summed E-state index contributed by atoms with van der Waals surface area (Å²) < 4.78 is 0. The highest BCUT2D eigenvalue weighted by Gasteiger charge is 2.30. The number of pyridine rings is 1. The van der Waals surface area contributed by atoms with Crippen LogP contribution in [0, 0.1) is 0 Å². The molecule has 34 heavy (non-hydrogen) atoms. The number of nitrogens with zero attached hydrogens (tertiary/aromatic N) is 3. The van der Waals surface area contributed by atoms with Crippen molar-refractivity contribution in [1.82, 2.24) is 14.8 Å². The van der Waals surface area contributed by atoms with E-state index in [0.717, 1.165) is 46.4 Å². The summed E-state index contributed by atoms with van der Waals surface area (Å²) in [6.45, 7) is 5.28. The van der Waals surface area contributed by atoms with Gasteiger partial charge in [0.1, 0.15) is 5.75 Å². The average Bonchev–Trinajstić information content (AvgIpc) is 3.12. The topological polar surface area (TPSA) is 56.7 Å². The van der Waals surface area contributed by atoms with Gasteiger partial charge in [-0.05, 0) is 70.1 Å². The Morgan fingerprint density at radius 3 is 2.32 bits per heavy atom. The number of piperidine rings is 2. The highest BCUT2D eigenvalue weighted by Crippen LogP contribution is 2.39. The number of ketones is 1. The van der Waals surface area contributed by atoms with E-state index in [-0.39, 0.29) is 30.6 Å². The third-order valence-electron chi connectivity index (χ3n) is 7.60. The maximum absolute atomic E-state index is 13.0. The Labute approximate surface area is 213 Å². The molecule has 180 valence electrons. The number of aromatic nitrogens is 1. The number of halogens is 2. The molecule has 0 radical (unpaired) electrons. The number of fused-ring (bicyclic) bond motifs is 4. The Balaban J connectivity index is 0.00000137. The van der Waals surface area contributed by atoms with Crippen LogP contribution in [0.4, 0.5) is 0 Å². The number of aromatic hydroxyl groups is 1. The first-order valence-corrected chi connectivity index (χ1v) is 11.9. The summed E-state index contributed by atoms with van der Waals surface area (Å²) in [5, 5.41) is 11.6. The molecule has 0 amide bonds. The molecular weight excluding hydrogens is 469 g/mol. The maximum atomic E-state index is 13.0. The minimum absolute atomic E-state index is 0. The van der Waals surface area contributed by atoms with Gasteiger partial charge in [-0.25, -0.2) is 4.98 Å². The fraction of sp³-hybridized carbons (Fsp3) is 0.407. The molecule has 0 unspecified atom stereocenters. The van der Waals surface area contributed by atoms with Crippen LogP contribution in [0.1, 0.15) is 53.6 Å². The lowest BCUT2D eigenvalue weighted by molar-refractivity contribution is 0.0895. The van der Waals surface area contributed by atoms with E-state index in [1.165, 1.54) is 45.2 Å². The van der Waals surface area contributed by atoms with Crippen molar-refractivity contribution < 1.29 is 9.90 Å². The van der Waals surface area contributed by atoms with Gasteiger partial charge in [0.2, 0.25) is 0 Å². The van der Waals surface area contributed by atoms with E-state index in [1.54, 1.807) is 6.07 Å². The molecule has 3 heterocycles. The summed E-state index contributed by atoms with van der Waals surface area (Å²) in [4.78, 5) is 23.0. The number of rotatable bonds is 3. The van der Waals surface area contributed by atoms with Crippen LogP contribution in [0.25, 0.3) is 22.2 Å². The van der Waals surface area contributed by atoms with Crippen molar-refractivity contribution in [3.05, 3.63) is 59.2 Å². The van der Waals surface area contributed by atoms with Crippen molar-refractivity contribution in [3.63, 3.8) is 0 Å². The predicted octanol–water partition coefficient (Wildman–Crippen LogP) is 5.45. The Morgan fingerprint density at radius 1 is 0.882 bits per heavy atom. The summed E-state index contributed by atoms with van der Waals surface area (Å²) >= 11 is 0. The zero-order valence-corrected chi connectivity index (χ0v) is 20.8. The SMILES string of the molecule is Cl.Cl.O=C1c2ccccc2-c2nc3ccc(O)c(CN4CCC(N5CCCCC5)CC4)c3cc21. The average molecular weight is 500 g/mol. The van der Waals surface area contributed by atoms with E-state index in [2.05, 4.69) is 9.80 Å². The summed E-state index contributed by atoms with van der Waals surface area (Å²) in [5.41, 5.74) is 4.76. The zero-order chi connectivity index (χ0) is 21.7. The number of carbonyl (C=O) groups is 1. The monoisotopic (exact) mass is 499 g/mol. The highest BCUT2D eigenvalue weighted by molar-refractivity contribution is 6.22. The molecule has 3 aliphatic rings. The van der Waals surface area contributed by atoms with Crippen LogP contribution in [-0.2, 0) is 6.54 Å². The lowest BCUT2D eigenvalue weighted by Crippen LogP contribution is -2.46. The molecule has 0 saturated carbocycles. The van der Waals surface area contributed by atoms with Gasteiger partial charge in [0.25, 0.3) is 0 Å². The van der Waals surface area contributed by atoms with E-state index >= 15 is 0 Å². The van der Waals surface area contributed by atoms with Crippen molar-refractivity contribution in [1.29, 1.82) is 0 Å². The molecule has 1 N–H and O–H groups in total. The molecule has 6 rings (SSSR count). The van der Waals surface area contributed by atoms with Gasteiger partial charge in [0, 0.05) is 40.2 Å². The number of hydrogen-bond donors (Lipinski definition) is 1. The van der Waals surface area contributed by atoms with Gasteiger partial charge in [-0.2, -0.15) is 0 Å². The van der Waals surface area contributed by atoms with Crippen molar-refractivity contribution in [3.8, 4) is 17.0 Å². The molecular formula is C27H31Cl2N3O2. The molecule has 5 nitrogen and oxygen atoms in total. The van der Waals surface area contributed by atoms with Crippen LogP contribution >= 0.6 is 24.8 Å². The van der Waals surface area contributed by atoms with Crippen LogP contribution in [0.2, 0.25) is 0 Å². The largest absolute Gasteiger partial charge is 0.508 e. The Bertz CT molecular complexity index is 1200. The molecule has 0 bridgehead atoms. The van der Waals surface area contributed by atoms with Gasteiger partial charge < -0.3 is 10.0 Å². The first-order chi connectivity index (χ1) is 15.7. The number of phenolic OH excluding ortho intramolecular Hbond substituents is 1. The maximum Gasteiger partial charge on any atom is 0.195 e. The third kappa shape index (κ3) is 4.31. The lowest BCUT2D eigenvalue weighted by atomic mass is 9.98. The second-order valence-corrected chi connectivity index (χ2v) is 9.49. The first kappa shape index (κ1) is 24.9. The molecule has 0 atom stereocenters. The minimum atomic E-state index is 0. The van der Waals surface area contributed by atoms with Crippen molar-refractivity contribution in [2.45, 2.75) is 44.7 Å². The Kier molecular flexibility index (Phi) is 7.48. The van der Waals surface area contributed by atoms with Gasteiger partial charge in [-0.1, -0.05) is 30.7 Å². The molecule has 7 heteroatoms. The Hall–Kier alpha value is -2.18. The van der Waals surface area contributed by atoms with Crippen LogP contribution in [-0.4, -0.2) is 57.9 Å². The second kappa shape index (κ2) is 10.2. The van der Waals surface area contributed by atoms with Crippen molar-refractivity contribution >= 4 is 41.5 Å². The number of hydrogen-bond acceptors (Lipinski definition) is 5. The standard InChI is InChI=1S/C27H29N3O2.2ClH/c31-25-9-8-24-21(16-22-26(28-24)19-6-2-3-7-20(19)27(22)32)23(25)17-29-14-10-18(11-15-29)30-12-4-1-5-13-30;;/h2-3,6-9,16,18,31H,1,4-5,10-15,17H2;2*1H. The molecule has 2 fully saturated rings. The van der Waals surface area contributed by atoms with Crippen molar-refractivity contribution in [2.24, 2.45) is 0 Å². The minimum Gasteiger partial charge on any atom is -0.508 e. The molecule has 3 aromatic rings. The Morgan fingerprint density at radius 2 is 1.59 bits per heavy atom. The molecule has 0 spiro atoms. The van der Waals surface area contributed by atoms with E-state index in [1.807, 2.05) is 36.4 Å².